The Labute approximate surface area is 293 Å². The number of nitrogens with one attached hydrogen (secondary N) is 1. The normalized spacial score (nSPS) is 14.2. The number of H-pyrrole nitrogens is 1. The van der Waals surface area contributed by atoms with Crippen molar-refractivity contribution in [1.29, 1.82) is 0 Å². The molecule has 3 aromatic carbocycles. The Kier molecular flexibility index (Phi) is 9.58. The van der Waals surface area contributed by atoms with Crippen molar-refractivity contribution in [2.24, 2.45) is 0 Å². The quantitative estimate of drug-likeness (QED) is 0.167. The van der Waals surface area contributed by atoms with Gasteiger partial charge in [0, 0.05) is 80.8 Å². The Morgan fingerprint density at radius 1 is 0.860 bits per heavy atom. The second-order valence-corrected chi connectivity index (χ2v) is 17.6. The minimum Gasteiger partial charge on any atom is -0.439 e. The lowest BCUT2D eigenvalue weighted by Crippen LogP contribution is -2.65. The summed E-state index contributed by atoms with van der Waals surface area (Å²) in [6, 6.07) is 33.8. The number of rotatable bonds is 11. The van der Waals surface area contributed by atoms with Gasteiger partial charge in [-0.3, -0.25) is 19.8 Å². The van der Waals surface area contributed by atoms with Gasteiger partial charge in [-0.05, 0) is 57.7 Å². The third-order valence-corrected chi connectivity index (χ3v) is 14.5. The number of piperazine rings is 1. The van der Waals surface area contributed by atoms with Crippen LogP contribution >= 0.6 is 0 Å². The molecule has 0 saturated carbocycles. The van der Waals surface area contributed by atoms with E-state index in [2.05, 4.69) is 40.0 Å². The fraction of sp³-hybridized carbons (Fsp3) is 0.250. The molecule has 1 aliphatic rings. The molecule has 3 aromatic heterocycles. The van der Waals surface area contributed by atoms with E-state index in [1.807, 2.05) is 108 Å². The summed E-state index contributed by atoms with van der Waals surface area (Å²) in [7, 11) is -3.15. The van der Waals surface area contributed by atoms with Crippen LogP contribution in [0.1, 0.15) is 32.3 Å². The summed E-state index contributed by atoms with van der Waals surface area (Å²) in [5, 5.41) is 9.46. The van der Waals surface area contributed by atoms with Crippen molar-refractivity contribution in [3.8, 4) is 22.9 Å². The lowest BCUT2D eigenvalue weighted by Gasteiger charge is -2.42. The molecule has 6 aromatic rings. The van der Waals surface area contributed by atoms with E-state index < -0.39 is 13.4 Å². The van der Waals surface area contributed by atoms with Crippen LogP contribution in [0.3, 0.4) is 0 Å². The summed E-state index contributed by atoms with van der Waals surface area (Å²) in [6.07, 6.45) is 6.42. The molecule has 1 aliphatic heterocycles. The molecule has 1 saturated heterocycles. The van der Waals surface area contributed by atoms with Gasteiger partial charge >= 0.3 is 0 Å². The molecule has 0 aliphatic carbocycles. The second kappa shape index (κ2) is 14.4. The minimum absolute atomic E-state index is 0.157. The van der Waals surface area contributed by atoms with Gasteiger partial charge in [-0.25, -0.2) is 4.98 Å². The predicted molar refractivity (Wildman–Crippen MR) is 199 cm³/mol. The number of aromatic amines is 1. The van der Waals surface area contributed by atoms with E-state index in [1.54, 1.807) is 12.4 Å². The number of benzene rings is 3. The van der Waals surface area contributed by atoms with Crippen LogP contribution in [0.2, 0.25) is 5.04 Å². The van der Waals surface area contributed by atoms with Crippen molar-refractivity contribution in [3.63, 3.8) is 0 Å². The van der Waals surface area contributed by atoms with Crippen LogP contribution < -0.4 is 15.1 Å². The zero-order valence-corrected chi connectivity index (χ0v) is 29.5. The number of nitrogens with zero attached hydrogens (tertiary/aromatic N) is 5. The van der Waals surface area contributed by atoms with E-state index in [0.717, 1.165) is 57.7 Å². The second-order valence-electron chi connectivity index (χ2n) is 13.6. The molecule has 0 unspecified atom stereocenters. The van der Waals surface area contributed by atoms with Crippen molar-refractivity contribution in [2.45, 2.75) is 38.3 Å². The Balaban J connectivity index is 0.925. The molecule has 50 heavy (non-hydrogen) atoms. The molecule has 1 amide bonds. The van der Waals surface area contributed by atoms with Gasteiger partial charge in [0.2, 0.25) is 11.8 Å². The van der Waals surface area contributed by atoms with E-state index in [1.165, 1.54) is 0 Å². The van der Waals surface area contributed by atoms with Crippen LogP contribution in [-0.4, -0.2) is 75.2 Å². The number of carbonyl (C=O) groups excluding carboxylic acids is 1. The number of hydrogen-bond acceptors (Lipinski definition) is 7. The molecule has 10 heteroatoms. The molecule has 9 nitrogen and oxygen atoms in total. The molecule has 2 N–H and O–H groups in total. The molecule has 7 rings (SSSR count). The van der Waals surface area contributed by atoms with Crippen molar-refractivity contribution >= 4 is 35.5 Å². The zero-order valence-electron chi connectivity index (χ0n) is 28.5. The average Bonchev–Trinajstić information content (AvgIpc) is 3.70. The first-order valence-electron chi connectivity index (χ1n) is 17.1. The predicted octanol–water partition coefficient (Wildman–Crippen LogP) is 5.77. The molecule has 0 radical (unpaired) electrons. The zero-order chi connectivity index (χ0) is 34.6. The van der Waals surface area contributed by atoms with Gasteiger partial charge in [0.15, 0.2) is 0 Å². The fourth-order valence-corrected chi connectivity index (χ4v) is 10.6. The maximum Gasteiger partial charge on any atom is 0.258 e. The van der Waals surface area contributed by atoms with Crippen molar-refractivity contribution in [3.05, 3.63) is 127 Å². The number of amides is 1. The molecule has 0 spiro atoms. The highest BCUT2D eigenvalue weighted by Crippen LogP contribution is 2.40. The van der Waals surface area contributed by atoms with Crippen LogP contribution in [0, 0.1) is 0 Å². The summed E-state index contributed by atoms with van der Waals surface area (Å²) >= 11 is 0. The van der Waals surface area contributed by atoms with Crippen LogP contribution in [0.15, 0.2) is 122 Å². The molecular weight excluding hydrogens is 641 g/mol. The third kappa shape index (κ3) is 7.09. The lowest BCUT2D eigenvalue weighted by molar-refractivity contribution is -0.133. The van der Waals surface area contributed by atoms with Gasteiger partial charge in [0.05, 0.1) is 11.2 Å². The van der Waals surface area contributed by atoms with E-state index in [0.29, 0.717) is 37.6 Å². The highest BCUT2D eigenvalue weighted by molar-refractivity contribution is 6.98. The number of carbonyl (C=O) groups is 1. The van der Waals surface area contributed by atoms with Crippen LogP contribution in [0.5, 0.6) is 11.6 Å². The van der Waals surface area contributed by atoms with Crippen LogP contribution in [-0.2, 0) is 11.3 Å². The summed E-state index contributed by atoms with van der Waals surface area (Å²) in [5.41, 5.74) is 3.83. The number of ether oxygens (including phenoxy) is 1. The van der Waals surface area contributed by atoms with Crippen molar-refractivity contribution < 1.29 is 14.3 Å². The van der Waals surface area contributed by atoms with Crippen LogP contribution in [0.4, 0.5) is 0 Å². The van der Waals surface area contributed by atoms with Gasteiger partial charge in [-0.15, -0.1) is 0 Å². The molecule has 0 atom stereocenters. The van der Waals surface area contributed by atoms with Crippen LogP contribution in [0.25, 0.3) is 22.2 Å². The first kappa shape index (κ1) is 33.3. The topological polar surface area (TPSA) is 107 Å². The van der Waals surface area contributed by atoms with E-state index in [-0.39, 0.29) is 5.91 Å². The number of hydrogen-bond donors (Lipinski definition) is 2. The van der Waals surface area contributed by atoms with Gasteiger partial charge < -0.3 is 14.4 Å². The largest absolute Gasteiger partial charge is 0.439 e. The Bertz CT molecular complexity index is 1990. The number of fused-ring (bicyclic) bond motifs is 1. The molecule has 1 fully saturated rings. The van der Waals surface area contributed by atoms with Gasteiger partial charge in [-0.1, -0.05) is 74.5 Å². The summed E-state index contributed by atoms with van der Waals surface area (Å²) in [6.45, 7) is 8.01. The standard InChI is InChI=1S/C40H42N6O3Si/c1-40(2,50(48,34-9-5-3-6-10-34)35-11-7-4-8-12-35)19-17-39(47)46-23-21-45(22-24-46)29-30-25-31-13-15-33(26-37(31)41-27-30)49-38-16-14-32(28-42-38)36-18-20-43-44-36/h3-16,18,20,25-28,48H,17,19,21-24,29H2,1-2H3,(H,43,44). The van der Waals surface area contributed by atoms with Gasteiger partial charge in [0.1, 0.15) is 5.75 Å². The van der Waals surface area contributed by atoms with E-state index in [4.69, 9.17) is 9.72 Å². The number of pyridine rings is 2. The molecular formula is C40H42N6O3Si. The first-order valence-corrected chi connectivity index (χ1v) is 19.1. The number of aromatic nitrogens is 4. The maximum absolute atomic E-state index is 13.5. The van der Waals surface area contributed by atoms with Crippen molar-refractivity contribution in [1.82, 2.24) is 30.0 Å². The van der Waals surface area contributed by atoms with Gasteiger partial charge in [-0.2, -0.15) is 5.10 Å². The summed E-state index contributed by atoms with van der Waals surface area (Å²) in [4.78, 5) is 39.4. The monoisotopic (exact) mass is 682 g/mol. The maximum atomic E-state index is 13.5. The SMILES string of the molecule is CC(C)(CCC(=O)N1CCN(Cc2cnc3cc(Oc4ccc(-c5ccn[nH]5)cn4)ccc3c2)CC1)[Si](O)(c1ccccc1)c1ccccc1. The Morgan fingerprint density at radius 2 is 1.58 bits per heavy atom. The third-order valence-electron chi connectivity index (χ3n) is 9.94. The minimum atomic E-state index is -3.15. The van der Waals surface area contributed by atoms with E-state index in [9.17, 15) is 9.59 Å². The van der Waals surface area contributed by atoms with Gasteiger partial charge in [0.25, 0.3) is 8.32 Å². The summed E-state index contributed by atoms with van der Waals surface area (Å²) < 4.78 is 6.00. The highest BCUT2D eigenvalue weighted by Gasteiger charge is 2.49. The Morgan fingerprint density at radius 3 is 2.22 bits per heavy atom. The molecule has 254 valence electrons. The average molecular weight is 683 g/mol. The van der Waals surface area contributed by atoms with E-state index >= 15 is 0 Å². The lowest BCUT2D eigenvalue weighted by atomic mass is 10.1. The Hall–Kier alpha value is -5.16. The molecule has 0 bridgehead atoms. The first-order chi connectivity index (χ1) is 24.3. The summed E-state index contributed by atoms with van der Waals surface area (Å²) in [5.74, 6) is 1.34. The van der Waals surface area contributed by atoms with Crippen molar-refractivity contribution in [2.75, 3.05) is 26.2 Å². The molecule has 4 heterocycles. The fourth-order valence-electron chi connectivity index (χ4n) is 6.91. The highest BCUT2D eigenvalue weighted by atomic mass is 28.4. The smallest absolute Gasteiger partial charge is 0.258 e.